The van der Waals surface area contributed by atoms with Gasteiger partial charge < -0.3 is 14.7 Å². The number of hydrogen-bond acceptors (Lipinski definition) is 4. The molecule has 0 radical (unpaired) electrons. The molecule has 1 rings (SSSR count). The first-order valence-electron chi connectivity index (χ1n) is 5.26. The molecule has 0 aliphatic carbocycles. The average Bonchev–Trinajstić information content (AvgIpc) is 2.35. The van der Waals surface area contributed by atoms with Crippen molar-refractivity contribution in [1.29, 1.82) is 0 Å². The number of hydrogen-bond donors (Lipinski definition) is 1. The third-order valence-electron chi connectivity index (χ3n) is 2.36. The van der Waals surface area contributed by atoms with E-state index in [1.165, 1.54) is 6.08 Å². The highest BCUT2D eigenvalue weighted by Gasteiger charge is 2.17. The third-order valence-corrected chi connectivity index (χ3v) is 2.36. The van der Waals surface area contributed by atoms with Crippen molar-refractivity contribution in [3.63, 3.8) is 0 Å². The topological polar surface area (TPSA) is 66.8 Å². The van der Waals surface area contributed by atoms with E-state index in [2.05, 4.69) is 4.74 Å². The van der Waals surface area contributed by atoms with E-state index in [-0.39, 0.29) is 0 Å². The molecule has 0 atom stereocenters. The molecular formula is C13H15NO4. The van der Waals surface area contributed by atoms with Crippen molar-refractivity contribution in [3.8, 4) is 0 Å². The van der Waals surface area contributed by atoms with Crippen molar-refractivity contribution < 1.29 is 19.4 Å². The number of carbonyl (C=O) groups excluding carboxylic acids is 1. The van der Waals surface area contributed by atoms with Gasteiger partial charge in [0.2, 0.25) is 0 Å². The van der Waals surface area contributed by atoms with Gasteiger partial charge in [-0.3, -0.25) is 0 Å². The Hall–Kier alpha value is -2.30. The summed E-state index contributed by atoms with van der Waals surface area (Å²) in [4.78, 5) is 24.1. The van der Waals surface area contributed by atoms with Crippen LogP contribution >= 0.6 is 0 Å². The van der Waals surface area contributed by atoms with Crippen LogP contribution in [0.5, 0.6) is 0 Å². The zero-order chi connectivity index (χ0) is 13.7. The highest BCUT2D eigenvalue weighted by atomic mass is 16.5. The molecule has 5 heteroatoms. The summed E-state index contributed by atoms with van der Waals surface area (Å²) in [5.41, 5.74) is 1.22. The lowest BCUT2D eigenvalue weighted by atomic mass is 10.1. The maximum Gasteiger partial charge on any atom is 0.345 e. The van der Waals surface area contributed by atoms with Crippen molar-refractivity contribution in [2.24, 2.45) is 0 Å². The molecule has 0 heterocycles. The highest BCUT2D eigenvalue weighted by Crippen LogP contribution is 2.15. The molecule has 0 fully saturated rings. The van der Waals surface area contributed by atoms with Gasteiger partial charge in [-0.15, -0.1) is 0 Å². The number of nitrogens with zero attached hydrogens (tertiary/aromatic N) is 1. The Kier molecular flexibility index (Phi) is 4.48. The third kappa shape index (κ3) is 3.35. The summed E-state index contributed by atoms with van der Waals surface area (Å²) in [7, 11) is 4.96. The number of carboxylic acid groups (broad SMARTS) is 1. The first kappa shape index (κ1) is 13.8. The predicted molar refractivity (Wildman–Crippen MR) is 68.4 cm³/mol. The van der Waals surface area contributed by atoms with Crippen LogP contribution in [0, 0.1) is 0 Å². The number of aliphatic carboxylic acids is 1. The second kappa shape index (κ2) is 5.86. The molecule has 0 unspecified atom stereocenters. The van der Waals surface area contributed by atoms with Gasteiger partial charge >= 0.3 is 11.9 Å². The molecule has 0 aliphatic rings. The number of rotatable bonds is 4. The van der Waals surface area contributed by atoms with Crippen LogP contribution in [0.1, 0.15) is 5.56 Å². The predicted octanol–water partition coefficient (Wildman–Crippen LogP) is 1.39. The van der Waals surface area contributed by atoms with Gasteiger partial charge in [0.25, 0.3) is 0 Å². The fraction of sp³-hybridized carbons (Fsp3) is 0.231. The number of carboxylic acids is 1. The summed E-state index contributed by atoms with van der Waals surface area (Å²) in [6.07, 6.45) is 1.29. The molecule has 0 aromatic heterocycles. The largest absolute Gasteiger partial charge is 0.477 e. The molecule has 1 N–H and O–H groups in total. The van der Waals surface area contributed by atoms with Gasteiger partial charge in [0.1, 0.15) is 5.57 Å². The van der Waals surface area contributed by atoms with Crippen molar-refractivity contribution in [2.75, 3.05) is 26.1 Å². The molecule has 5 nitrogen and oxygen atoms in total. The lowest BCUT2D eigenvalue weighted by Gasteiger charge is -2.11. The monoisotopic (exact) mass is 249 g/mol. The molecule has 0 amide bonds. The maximum atomic E-state index is 11.3. The molecule has 96 valence electrons. The van der Waals surface area contributed by atoms with Crippen molar-refractivity contribution in [3.05, 3.63) is 35.4 Å². The molecule has 18 heavy (non-hydrogen) atoms. The maximum absolute atomic E-state index is 11.3. The van der Waals surface area contributed by atoms with Gasteiger partial charge in [0, 0.05) is 19.8 Å². The Labute approximate surface area is 105 Å². The van der Waals surface area contributed by atoms with Crippen molar-refractivity contribution >= 4 is 23.7 Å². The first-order valence-corrected chi connectivity index (χ1v) is 5.26. The molecule has 1 aromatic carbocycles. The van der Waals surface area contributed by atoms with Crippen LogP contribution < -0.4 is 4.90 Å². The minimum atomic E-state index is -1.31. The number of benzene rings is 1. The average molecular weight is 249 g/mol. The van der Waals surface area contributed by atoms with Gasteiger partial charge in [0.05, 0.1) is 7.11 Å². The normalized spacial score (nSPS) is 10.9. The highest BCUT2D eigenvalue weighted by molar-refractivity contribution is 6.16. The van der Waals surface area contributed by atoms with E-state index in [9.17, 15) is 9.59 Å². The van der Waals surface area contributed by atoms with Gasteiger partial charge in [0.15, 0.2) is 0 Å². The Morgan fingerprint density at radius 2 is 1.78 bits per heavy atom. The molecule has 0 spiro atoms. The van der Waals surface area contributed by atoms with Gasteiger partial charge in [-0.2, -0.15) is 0 Å². The van der Waals surface area contributed by atoms with Crippen LogP contribution in [0.25, 0.3) is 6.08 Å². The summed E-state index contributed by atoms with van der Waals surface area (Å²) in [5.74, 6) is -2.17. The molecule has 0 aliphatic heterocycles. The number of esters is 1. The zero-order valence-corrected chi connectivity index (χ0v) is 10.5. The Morgan fingerprint density at radius 3 is 2.17 bits per heavy atom. The quantitative estimate of drug-likeness (QED) is 0.378. The van der Waals surface area contributed by atoms with E-state index >= 15 is 0 Å². The Morgan fingerprint density at radius 1 is 1.22 bits per heavy atom. The summed E-state index contributed by atoms with van der Waals surface area (Å²) >= 11 is 0. The molecule has 1 aromatic rings. The van der Waals surface area contributed by atoms with Crippen molar-refractivity contribution in [1.82, 2.24) is 0 Å². The van der Waals surface area contributed by atoms with Crippen LogP contribution in [-0.4, -0.2) is 38.3 Å². The minimum absolute atomic E-state index is 0.393. The summed E-state index contributed by atoms with van der Waals surface area (Å²) in [6, 6.07) is 7.15. The van der Waals surface area contributed by atoms with E-state index in [0.29, 0.717) is 5.56 Å². The summed E-state index contributed by atoms with van der Waals surface area (Å²) < 4.78 is 4.41. The van der Waals surface area contributed by atoms with Crippen LogP contribution in [-0.2, 0) is 14.3 Å². The second-order valence-electron chi connectivity index (χ2n) is 3.84. The summed E-state index contributed by atoms with van der Waals surface area (Å²) in [5, 5.41) is 8.90. The Balaban J connectivity index is 3.05. The van der Waals surface area contributed by atoms with Gasteiger partial charge in [-0.1, -0.05) is 12.1 Å². The lowest BCUT2D eigenvalue weighted by molar-refractivity contribution is -0.142. The molecular weight excluding hydrogens is 234 g/mol. The number of ether oxygens (including phenoxy) is 1. The van der Waals surface area contributed by atoms with Crippen LogP contribution in [0.4, 0.5) is 5.69 Å². The van der Waals surface area contributed by atoms with E-state index < -0.39 is 17.5 Å². The number of anilines is 1. The lowest BCUT2D eigenvalue weighted by Crippen LogP contribution is -2.13. The first-order chi connectivity index (χ1) is 8.45. The smallest absolute Gasteiger partial charge is 0.345 e. The van der Waals surface area contributed by atoms with E-state index in [0.717, 1.165) is 12.8 Å². The molecule has 0 saturated heterocycles. The minimum Gasteiger partial charge on any atom is -0.477 e. The SMILES string of the molecule is COC(=O)C(=Cc1ccc(N(C)C)cc1)C(=O)O. The summed E-state index contributed by atoms with van der Waals surface area (Å²) in [6.45, 7) is 0. The molecule has 0 bridgehead atoms. The Bertz CT molecular complexity index is 474. The fourth-order valence-electron chi connectivity index (χ4n) is 1.35. The fourth-order valence-corrected chi connectivity index (χ4v) is 1.35. The van der Waals surface area contributed by atoms with E-state index in [1.807, 2.05) is 31.1 Å². The van der Waals surface area contributed by atoms with E-state index in [1.54, 1.807) is 12.1 Å². The zero-order valence-electron chi connectivity index (χ0n) is 10.5. The van der Waals surface area contributed by atoms with Crippen LogP contribution in [0.3, 0.4) is 0 Å². The second-order valence-corrected chi connectivity index (χ2v) is 3.84. The van der Waals surface area contributed by atoms with Crippen LogP contribution in [0.15, 0.2) is 29.8 Å². The number of methoxy groups -OCH3 is 1. The van der Waals surface area contributed by atoms with Crippen LogP contribution in [0.2, 0.25) is 0 Å². The molecule has 0 saturated carbocycles. The van der Waals surface area contributed by atoms with Crippen molar-refractivity contribution in [2.45, 2.75) is 0 Å². The van der Waals surface area contributed by atoms with Gasteiger partial charge in [-0.25, -0.2) is 9.59 Å². The van der Waals surface area contributed by atoms with E-state index in [4.69, 9.17) is 5.11 Å². The standard InChI is InChI=1S/C13H15NO4/c1-14(2)10-6-4-9(5-7-10)8-11(12(15)16)13(17)18-3/h4-8H,1-3H3,(H,15,16). The number of carbonyl (C=O) groups is 2. The van der Waals surface area contributed by atoms with Gasteiger partial charge in [-0.05, 0) is 23.8 Å².